The lowest BCUT2D eigenvalue weighted by atomic mass is 9.85. The summed E-state index contributed by atoms with van der Waals surface area (Å²) in [5, 5.41) is 19.2. The second-order valence-corrected chi connectivity index (χ2v) is 3.98. The number of carbonyl (C=O) groups excluding carboxylic acids is 2. The molecule has 0 aliphatic heterocycles. The van der Waals surface area contributed by atoms with Crippen LogP contribution in [0.25, 0.3) is 0 Å². The zero-order valence-electron chi connectivity index (χ0n) is 9.80. The van der Waals surface area contributed by atoms with Crippen molar-refractivity contribution in [2.24, 2.45) is 0 Å². The van der Waals surface area contributed by atoms with Gasteiger partial charge >= 0.3 is 0 Å². The number of carbonyl (C=O) groups is 2. The van der Waals surface area contributed by atoms with Gasteiger partial charge in [0.25, 0.3) is 0 Å². The fraction of sp³-hybridized carbons (Fsp3) is 0.143. The number of aliphatic hydroxyl groups is 2. The van der Waals surface area contributed by atoms with E-state index in [0.717, 1.165) is 0 Å². The molecule has 0 amide bonds. The van der Waals surface area contributed by atoms with Gasteiger partial charge in [0.2, 0.25) is 0 Å². The number of ketones is 2. The first-order chi connectivity index (χ1) is 8.56. The number of benzene rings is 1. The molecular formula is C14H12O4. The predicted molar refractivity (Wildman–Crippen MR) is 65.8 cm³/mol. The molecule has 0 heterocycles. The molecule has 1 aromatic rings. The molecule has 0 fully saturated rings. The Balaban J connectivity index is 2.60. The van der Waals surface area contributed by atoms with Crippen LogP contribution in [0.4, 0.5) is 0 Å². The SMILES string of the molecule is C/C=C(O)\C(O)=C1/CC(=O)c2ccccc2C1=O. The highest BCUT2D eigenvalue weighted by Gasteiger charge is 2.30. The average molecular weight is 244 g/mol. The van der Waals surface area contributed by atoms with Crippen LogP contribution in [0.15, 0.2) is 47.4 Å². The van der Waals surface area contributed by atoms with E-state index in [1.54, 1.807) is 18.2 Å². The summed E-state index contributed by atoms with van der Waals surface area (Å²) in [7, 11) is 0. The van der Waals surface area contributed by atoms with Gasteiger partial charge in [0.15, 0.2) is 23.1 Å². The second kappa shape index (κ2) is 4.49. The van der Waals surface area contributed by atoms with Crippen molar-refractivity contribution in [3.05, 3.63) is 58.6 Å². The maximum atomic E-state index is 12.1. The van der Waals surface area contributed by atoms with Crippen molar-refractivity contribution in [1.82, 2.24) is 0 Å². The van der Waals surface area contributed by atoms with E-state index in [4.69, 9.17) is 0 Å². The van der Waals surface area contributed by atoms with Gasteiger partial charge in [-0.2, -0.15) is 0 Å². The van der Waals surface area contributed by atoms with Crippen LogP contribution in [-0.2, 0) is 0 Å². The Morgan fingerprint density at radius 3 is 2.39 bits per heavy atom. The van der Waals surface area contributed by atoms with Crippen LogP contribution in [0.2, 0.25) is 0 Å². The second-order valence-electron chi connectivity index (χ2n) is 3.98. The van der Waals surface area contributed by atoms with E-state index in [-0.39, 0.29) is 23.3 Å². The molecule has 0 spiro atoms. The minimum Gasteiger partial charge on any atom is -0.504 e. The summed E-state index contributed by atoms with van der Waals surface area (Å²) >= 11 is 0. The fourth-order valence-electron chi connectivity index (χ4n) is 1.91. The zero-order valence-corrected chi connectivity index (χ0v) is 9.80. The number of allylic oxidation sites excluding steroid dienone is 2. The van der Waals surface area contributed by atoms with Gasteiger partial charge in [-0.1, -0.05) is 24.3 Å². The van der Waals surface area contributed by atoms with E-state index < -0.39 is 17.3 Å². The molecule has 2 N–H and O–H groups in total. The summed E-state index contributed by atoms with van der Waals surface area (Å²) in [5.41, 5.74) is 0.563. The Morgan fingerprint density at radius 2 is 1.78 bits per heavy atom. The Kier molecular flexibility index (Phi) is 3.02. The number of Topliss-reactive ketones (excluding diaryl/α,β-unsaturated/α-hetero) is 2. The van der Waals surface area contributed by atoms with Gasteiger partial charge in [-0.25, -0.2) is 0 Å². The van der Waals surface area contributed by atoms with Gasteiger partial charge in [0.1, 0.15) is 0 Å². The Bertz CT molecular complexity index is 594. The summed E-state index contributed by atoms with van der Waals surface area (Å²) in [6.07, 6.45) is 1.07. The molecule has 2 rings (SSSR count). The normalized spacial score (nSPS) is 18.6. The Labute approximate surface area is 104 Å². The molecule has 1 aliphatic rings. The highest BCUT2D eigenvalue weighted by atomic mass is 16.3. The Morgan fingerprint density at radius 1 is 1.17 bits per heavy atom. The van der Waals surface area contributed by atoms with Crippen LogP contribution in [0, 0.1) is 0 Å². The van der Waals surface area contributed by atoms with E-state index in [0.29, 0.717) is 5.56 Å². The van der Waals surface area contributed by atoms with Crippen LogP contribution in [0.1, 0.15) is 34.1 Å². The van der Waals surface area contributed by atoms with E-state index in [2.05, 4.69) is 0 Å². The molecule has 0 bridgehead atoms. The van der Waals surface area contributed by atoms with Gasteiger partial charge in [0.05, 0.1) is 5.57 Å². The first kappa shape index (κ1) is 12.1. The zero-order chi connectivity index (χ0) is 13.3. The minimum absolute atomic E-state index is 0.0608. The van der Waals surface area contributed by atoms with Gasteiger partial charge in [-0.15, -0.1) is 0 Å². The van der Waals surface area contributed by atoms with Gasteiger partial charge in [0, 0.05) is 17.5 Å². The van der Waals surface area contributed by atoms with Crippen LogP contribution < -0.4 is 0 Å². The van der Waals surface area contributed by atoms with Crippen molar-refractivity contribution >= 4 is 11.6 Å². The van der Waals surface area contributed by atoms with Gasteiger partial charge in [-0.3, -0.25) is 9.59 Å². The molecule has 0 radical (unpaired) electrons. The third-order valence-corrected chi connectivity index (χ3v) is 2.89. The maximum absolute atomic E-state index is 12.1. The van der Waals surface area contributed by atoms with Gasteiger partial charge in [-0.05, 0) is 13.0 Å². The van der Waals surface area contributed by atoms with Gasteiger partial charge < -0.3 is 10.2 Å². The maximum Gasteiger partial charge on any atom is 0.194 e. The molecule has 92 valence electrons. The summed E-state index contributed by atoms with van der Waals surface area (Å²) in [6.45, 7) is 1.52. The van der Waals surface area contributed by atoms with Crippen molar-refractivity contribution in [2.45, 2.75) is 13.3 Å². The summed E-state index contributed by atoms with van der Waals surface area (Å²) in [6, 6.07) is 6.45. The molecule has 0 atom stereocenters. The van der Waals surface area contributed by atoms with E-state index in [9.17, 15) is 19.8 Å². The number of hydrogen-bond acceptors (Lipinski definition) is 4. The van der Waals surface area contributed by atoms with Crippen LogP contribution in [0.3, 0.4) is 0 Å². The highest BCUT2D eigenvalue weighted by molar-refractivity contribution is 6.22. The molecule has 0 saturated carbocycles. The first-order valence-corrected chi connectivity index (χ1v) is 5.51. The van der Waals surface area contributed by atoms with Crippen molar-refractivity contribution in [1.29, 1.82) is 0 Å². The molecule has 18 heavy (non-hydrogen) atoms. The lowest BCUT2D eigenvalue weighted by Crippen LogP contribution is -2.21. The van der Waals surface area contributed by atoms with E-state index in [1.165, 1.54) is 19.1 Å². The summed E-state index contributed by atoms with van der Waals surface area (Å²) in [4.78, 5) is 24.0. The predicted octanol–water partition coefficient (Wildman–Crippen LogP) is 2.73. The molecule has 0 saturated heterocycles. The van der Waals surface area contributed by atoms with Crippen LogP contribution in [0.5, 0.6) is 0 Å². The molecule has 0 aromatic heterocycles. The molecule has 1 aromatic carbocycles. The average Bonchev–Trinajstić information content (AvgIpc) is 2.41. The van der Waals surface area contributed by atoms with Crippen molar-refractivity contribution in [3.8, 4) is 0 Å². The molecule has 4 nitrogen and oxygen atoms in total. The Hall–Kier alpha value is -2.36. The lowest BCUT2D eigenvalue weighted by Gasteiger charge is -2.17. The lowest BCUT2D eigenvalue weighted by molar-refractivity contribution is 0.0929. The number of hydrogen-bond donors (Lipinski definition) is 2. The fourth-order valence-corrected chi connectivity index (χ4v) is 1.91. The quantitative estimate of drug-likeness (QED) is 0.588. The highest BCUT2D eigenvalue weighted by Crippen LogP contribution is 2.27. The van der Waals surface area contributed by atoms with Crippen molar-refractivity contribution < 1.29 is 19.8 Å². The number of rotatable bonds is 1. The number of aliphatic hydroxyl groups excluding tert-OH is 2. The minimum atomic E-state index is -0.523. The third kappa shape index (κ3) is 1.82. The van der Waals surface area contributed by atoms with Crippen molar-refractivity contribution in [3.63, 3.8) is 0 Å². The van der Waals surface area contributed by atoms with Crippen LogP contribution in [-0.4, -0.2) is 21.8 Å². The molecule has 0 unspecified atom stereocenters. The molecule has 4 heteroatoms. The van der Waals surface area contributed by atoms with E-state index >= 15 is 0 Å². The summed E-state index contributed by atoms with van der Waals surface area (Å²) in [5.74, 6) is -1.58. The smallest absolute Gasteiger partial charge is 0.194 e. The van der Waals surface area contributed by atoms with Crippen LogP contribution >= 0.6 is 0 Å². The number of fused-ring (bicyclic) bond motifs is 1. The molecule has 1 aliphatic carbocycles. The van der Waals surface area contributed by atoms with Crippen molar-refractivity contribution in [2.75, 3.05) is 0 Å². The van der Waals surface area contributed by atoms with E-state index in [1.807, 2.05) is 0 Å². The topological polar surface area (TPSA) is 74.6 Å². The standard InChI is InChI=1S/C14H12O4/c1-2-11(15)14(18)10-7-12(16)8-5-3-4-6-9(8)13(10)17/h2-6,15,18H,7H2,1H3/b11-2+,14-10-. The third-order valence-electron chi connectivity index (χ3n) is 2.89. The largest absolute Gasteiger partial charge is 0.504 e. The first-order valence-electron chi connectivity index (χ1n) is 5.51. The molecular weight excluding hydrogens is 232 g/mol. The summed E-state index contributed by atoms with van der Waals surface area (Å²) < 4.78 is 0. The monoisotopic (exact) mass is 244 g/mol.